The summed E-state index contributed by atoms with van der Waals surface area (Å²) >= 11 is 3.43. The Balaban J connectivity index is 2.01. The van der Waals surface area contributed by atoms with Gasteiger partial charge in [-0.05, 0) is 41.8 Å². The Bertz CT molecular complexity index is 1290. The van der Waals surface area contributed by atoms with Gasteiger partial charge in [0.05, 0.1) is 11.9 Å². The Morgan fingerprint density at radius 2 is 1.50 bits per heavy atom. The first-order valence-electron chi connectivity index (χ1n) is 12.6. The molecule has 0 aliphatic carbocycles. The van der Waals surface area contributed by atoms with Crippen molar-refractivity contribution in [2.75, 3.05) is 23.7 Å². The molecule has 1 N–H and O–H groups in total. The minimum absolute atomic E-state index is 0.150. The number of anilines is 1. The van der Waals surface area contributed by atoms with Crippen LogP contribution in [0.5, 0.6) is 0 Å². The van der Waals surface area contributed by atoms with Crippen molar-refractivity contribution < 1.29 is 18.0 Å². The Kier molecular flexibility index (Phi) is 10.9. The van der Waals surface area contributed by atoms with Gasteiger partial charge in [-0.25, -0.2) is 8.42 Å². The van der Waals surface area contributed by atoms with E-state index < -0.39 is 28.5 Å². The predicted molar refractivity (Wildman–Crippen MR) is 155 cm³/mol. The fourth-order valence-electron chi connectivity index (χ4n) is 4.05. The number of benzene rings is 3. The number of carbonyl (C=O) groups excluding carboxylic acids is 2. The lowest BCUT2D eigenvalue weighted by Gasteiger charge is -2.33. The monoisotopic (exact) mass is 599 g/mol. The molecule has 0 unspecified atom stereocenters. The van der Waals surface area contributed by atoms with Crippen molar-refractivity contribution in [2.45, 2.75) is 38.8 Å². The van der Waals surface area contributed by atoms with Gasteiger partial charge in [0.15, 0.2) is 0 Å². The zero-order valence-electron chi connectivity index (χ0n) is 21.7. The van der Waals surface area contributed by atoms with Crippen LogP contribution in [0.3, 0.4) is 0 Å². The number of para-hydroxylation sites is 1. The van der Waals surface area contributed by atoms with Crippen molar-refractivity contribution in [1.82, 2.24) is 10.2 Å². The fourth-order valence-corrected chi connectivity index (χ4v) is 5.17. The van der Waals surface area contributed by atoms with E-state index >= 15 is 0 Å². The minimum Gasteiger partial charge on any atom is -0.354 e. The zero-order chi connectivity index (χ0) is 27.5. The molecule has 0 bridgehead atoms. The number of amides is 2. The van der Waals surface area contributed by atoms with Crippen LogP contribution < -0.4 is 9.62 Å². The van der Waals surface area contributed by atoms with Crippen LogP contribution in [-0.4, -0.2) is 50.5 Å². The minimum atomic E-state index is -3.77. The van der Waals surface area contributed by atoms with Gasteiger partial charge in [0.2, 0.25) is 21.8 Å². The first-order valence-corrected chi connectivity index (χ1v) is 15.2. The molecule has 3 rings (SSSR count). The van der Waals surface area contributed by atoms with Gasteiger partial charge in [0.25, 0.3) is 0 Å². The number of rotatable bonds is 13. The molecule has 0 saturated carbocycles. The number of carbonyl (C=O) groups is 2. The van der Waals surface area contributed by atoms with Gasteiger partial charge in [0, 0.05) is 24.0 Å². The molecule has 0 spiro atoms. The summed E-state index contributed by atoms with van der Waals surface area (Å²) in [4.78, 5) is 29.0. The van der Waals surface area contributed by atoms with Crippen molar-refractivity contribution in [1.29, 1.82) is 0 Å². The molecule has 3 aromatic rings. The molecule has 7 nitrogen and oxygen atoms in total. The summed E-state index contributed by atoms with van der Waals surface area (Å²) in [5.41, 5.74) is 2.12. The van der Waals surface area contributed by atoms with E-state index in [2.05, 4.69) is 21.2 Å². The largest absolute Gasteiger partial charge is 0.354 e. The highest BCUT2D eigenvalue weighted by Gasteiger charge is 2.32. The van der Waals surface area contributed by atoms with E-state index in [0.29, 0.717) is 18.7 Å². The zero-order valence-corrected chi connectivity index (χ0v) is 24.1. The van der Waals surface area contributed by atoms with Gasteiger partial charge in [-0.2, -0.15) is 0 Å². The average molecular weight is 601 g/mol. The van der Waals surface area contributed by atoms with Crippen molar-refractivity contribution in [3.05, 3.63) is 101 Å². The van der Waals surface area contributed by atoms with Crippen LogP contribution in [0.25, 0.3) is 0 Å². The number of unbranched alkanes of at least 4 members (excludes halogenated alkanes) is 1. The lowest BCUT2D eigenvalue weighted by molar-refractivity contribution is -0.140. The summed E-state index contributed by atoms with van der Waals surface area (Å²) in [6.45, 7) is 2.27. The van der Waals surface area contributed by atoms with Gasteiger partial charge < -0.3 is 10.2 Å². The summed E-state index contributed by atoms with van der Waals surface area (Å²) in [5, 5.41) is 2.98. The maximum absolute atomic E-state index is 13.9. The second-order valence-electron chi connectivity index (χ2n) is 9.10. The van der Waals surface area contributed by atoms with Gasteiger partial charge in [-0.15, -0.1) is 0 Å². The number of halogens is 1. The SMILES string of the molecule is CCCCNC(=O)[C@H](Cc1ccccc1)N(Cc1ccc(Br)cc1)C(=O)CN(c1ccccc1)S(C)(=O)=O. The quantitative estimate of drug-likeness (QED) is 0.287. The number of hydrogen-bond acceptors (Lipinski definition) is 4. The van der Waals surface area contributed by atoms with E-state index in [1.54, 1.807) is 30.3 Å². The van der Waals surface area contributed by atoms with Crippen molar-refractivity contribution in [3.8, 4) is 0 Å². The average Bonchev–Trinajstić information content (AvgIpc) is 2.90. The maximum Gasteiger partial charge on any atom is 0.244 e. The molecule has 2 amide bonds. The van der Waals surface area contributed by atoms with Gasteiger partial charge in [0.1, 0.15) is 12.6 Å². The first-order chi connectivity index (χ1) is 18.2. The van der Waals surface area contributed by atoms with Crippen molar-refractivity contribution in [3.63, 3.8) is 0 Å². The fraction of sp³-hybridized carbons (Fsp3) is 0.310. The third-order valence-corrected chi connectivity index (χ3v) is 7.76. The standard InChI is InChI=1S/C29H34BrN3O4S/c1-3-4-19-31-29(35)27(20-23-11-7-5-8-12-23)32(21-24-15-17-25(30)18-16-24)28(34)22-33(38(2,36)37)26-13-9-6-10-14-26/h5-18,27H,3-4,19-22H2,1-2H3,(H,31,35)/t27-/m0/s1. The lowest BCUT2D eigenvalue weighted by Crippen LogP contribution is -2.53. The Morgan fingerprint density at radius 1 is 0.895 bits per heavy atom. The third-order valence-electron chi connectivity index (χ3n) is 6.09. The number of sulfonamides is 1. The van der Waals surface area contributed by atoms with E-state index in [-0.39, 0.29) is 12.5 Å². The number of nitrogens with zero attached hydrogens (tertiary/aromatic N) is 2. The maximum atomic E-state index is 13.9. The molecule has 202 valence electrons. The van der Waals surface area contributed by atoms with E-state index in [9.17, 15) is 18.0 Å². The van der Waals surface area contributed by atoms with Crippen LogP contribution in [0, 0.1) is 0 Å². The van der Waals surface area contributed by atoms with Gasteiger partial charge >= 0.3 is 0 Å². The van der Waals surface area contributed by atoms with Crippen molar-refractivity contribution >= 4 is 43.5 Å². The summed E-state index contributed by atoms with van der Waals surface area (Å²) in [5.74, 6) is -0.729. The lowest BCUT2D eigenvalue weighted by atomic mass is 10.0. The smallest absolute Gasteiger partial charge is 0.244 e. The molecule has 0 saturated heterocycles. The molecule has 0 aromatic heterocycles. The molecular weight excluding hydrogens is 566 g/mol. The number of nitrogens with one attached hydrogen (secondary N) is 1. The van der Waals surface area contributed by atoms with Crippen LogP contribution >= 0.6 is 15.9 Å². The molecule has 0 fully saturated rings. The first kappa shape index (κ1) is 29.4. The van der Waals surface area contributed by atoms with Crippen LogP contribution in [0.2, 0.25) is 0 Å². The van der Waals surface area contributed by atoms with E-state index in [1.165, 1.54) is 4.90 Å². The van der Waals surface area contributed by atoms with Crippen LogP contribution in [0.15, 0.2) is 89.4 Å². The summed E-state index contributed by atoms with van der Waals surface area (Å²) in [6.07, 6.45) is 3.11. The van der Waals surface area contributed by atoms with Crippen LogP contribution in [0.4, 0.5) is 5.69 Å². The van der Waals surface area contributed by atoms with Crippen LogP contribution in [0.1, 0.15) is 30.9 Å². The molecule has 1 atom stereocenters. The van der Waals surface area contributed by atoms with E-state index in [4.69, 9.17) is 0 Å². The normalized spacial score (nSPS) is 12.0. The molecule has 0 heterocycles. The summed E-state index contributed by atoms with van der Waals surface area (Å²) < 4.78 is 27.4. The molecular formula is C29H34BrN3O4S. The molecule has 0 radical (unpaired) electrons. The molecule has 3 aromatic carbocycles. The highest BCUT2D eigenvalue weighted by atomic mass is 79.9. The Hall–Kier alpha value is -3.17. The van der Waals surface area contributed by atoms with Crippen molar-refractivity contribution in [2.24, 2.45) is 0 Å². The second kappa shape index (κ2) is 14.1. The molecule has 0 aliphatic rings. The predicted octanol–water partition coefficient (Wildman–Crippen LogP) is 4.77. The highest BCUT2D eigenvalue weighted by Crippen LogP contribution is 2.21. The Labute approximate surface area is 234 Å². The summed E-state index contributed by atoms with van der Waals surface area (Å²) in [6, 6.07) is 24.7. The second-order valence-corrected chi connectivity index (χ2v) is 11.9. The van der Waals surface area contributed by atoms with E-state index in [1.807, 2.05) is 61.5 Å². The summed E-state index contributed by atoms with van der Waals surface area (Å²) in [7, 11) is -3.77. The Morgan fingerprint density at radius 3 is 2.08 bits per heavy atom. The van der Waals surface area contributed by atoms with Gasteiger partial charge in [-0.1, -0.05) is 89.9 Å². The molecule has 38 heavy (non-hydrogen) atoms. The third kappa shape index (κ3) is 8.70. The van der Waals surface area contributed by atoms with Crippen LogP contribution in [-0.2, 0) is 32.6 Å². The highest BCUT2D eigenvalue weighted by molar-refractivity contribution is 9.10. The number of hydrogen-bond donors (Lipinski definition) is 1. The molecule has 9 heteroatoms. The molecule has 0 aliphatic heterocycles. The van der Waals surface area contributed by atoms with Gasteiger partial charge in [-0.3, -0.25) is 13.9 Å². The topological polar surface area (TPSA) is 86.8 Å². The van der Waals surface area contributed by atoms with E-state index in [0.717, 1.165) is 39.0 Å².